The molecule has 8 heteroatoms. The standard InChI is InChI=1S/C25H27BNO6/c1-14-10-19-20(33-9-8-32-19)13-16(14)24(23-17(26)6-5-7-18(23)28)27-15-11-21(29-2)25(31-4)22(12-15)30-3/h10-13,27H,5-9H2,1-4H3/b24-23-. The minimum atomic E-state index is 0.00276. The van der Waals surface area contributed by atoms with Crippen LogP contribution in [-0.4, -0.2) is 53.3 Å². The van der Waals surface area contributed by atoms with Crippen LogP contribution in [0.25, 0.3) is 5.70 Å². The number of ether oxygens (including phenoxy) is 5. The van der Waals surface area contributed by atoms with Crippen molar-refractivity contribution in [1.82, 2.24) is 0 Å². The average Bonchev–Trinajstić information content (AvgIpc) is 2.82. The molecular weight excluding hydrogens is 421 g/mol. The van der Waals surface area contributed by atoms with E-state index >= 15 is 0 Å². The van der Waals surface area contributed by atoms with Gasteiger partial charge in [-0.05, 0) is 0 Å². The monoisotopic (exact) mass is 448 g/mol. The van der Waals surface area contributed by atoms with Gasteiger partial charge in [0.2, 0.25) is 0 Å². The Hall–Kier alpha value is -3.42. The number of carbonyl (C=O) groups is 1. The summed E-state index contributed by atoms with van der Waals surface area (Å²) in [5.74, 6) is 2.79. The summed E-state index contributed by atoms with van der Waals surface area (Å²) in [6.45, 7) is 2.94. The van der Waals surface area contributed by atoms with E-state index < -0.39 is 0 Å². The molecular formula is C25H27BNO6. The fraction of sp³-hybridized carbons (Fsp3) is 0.360. The number of allylic oxidation sites excluding steroid dienone is 1. The minimum absolute atomic E-state index is 0.00276. The van der Waals surface area contributed by atoms with Crippen molar-refractivity contribution >= 4 is 30.1 Å². The number of aryl methyl sites for hydroxylation is 1. The van der Waals surface area contributed by atoms with Crippen molar-refractivity contribution in [1.29, 1.82) is 0 Å². The van der Waals surface area contributed by atoms with E-state index in [1.165, 1.54) is 0 Å². The predicted octanol–water partition coefficient (Wildman–Crippen LogP) is 3.71. The number of benzene rings is 2. The zero-order chi connectivity index (χ0) is 23.5. The van der Waals surface area contributed by atoms with Gasteiger partial charge in [-0.15, -0.1) is 0 Å². The third kappa shape index (κ3) is 4.42. The van der Waals surface area contributed by atoms with Gasteiger partial charge in [0.1, 0.15) is 0 Å². The molecule has 0 spiro atoms. The maximum absolute atomic E-state index is 13.0. The Labute approximate surface area is 194 Å². The van der Waals surface area contributed by atoms with Crippen LogP contribution in [0.2, 0.25) is 0 Å². The molecule has 0 saturated heterocycles. The number of methoxy groups -OCH3 is 3. The van der Waals surface area contributed by atoms with Crippen molar-refractivity contribution in [3.8, 4) is 28.7 Å². The topological polar surface area (TPSA) is 75.3 Å². The van der Waals surface area contributed by atoms with E-state index in [2.05, 4.69) is 5.32 Å². The number of hydrogen-bond donors (Lipinski definition) is 1. The molecule has 2 aromatic rings. The van der Waals surface area contributed by atoms with Crippen LogP contribution in [0.4, 0.5) is 5.69 Å². The third-order valence-corrected chi connectivity index (χ3v) is 5.79. The van der Waals surface area contributed by atoms with Crippen LogP contribution in [0, 0.1) is 6.92 Å². The summed E-state index contributed by atoms with van der Waals surface area (Å²) >= 11 is 0. The SMILES string of the molecule is [B]=C1CCCC(=O)/C1=C(\Nc1cc(OC)c(OC)c(OC)c1)c1cc2c(cc1C)OCCO2. The van der Waals surface area contributed by atoms with E-state index in [1.54, 1.807) is 33.5 Å². The van der Waals surface area contributed by atoms with E-state index in [0.717, 1.165) is 17.5 Å². The molecule has 171 valence electrons. The normalized spacial score (nSPS) is 16.8. The molecule has 0 amide bonds. The fourth-order valence-corrected chi connectivity index (χ4v) is 4.19. The first-order chi connectivity index (χ1) is 16.0. The van der Waals surface area contributed by atoms with Crippen molar-refractivity contribution < 1.29 is 28.5 Å². The molecule has 1 heterocycles. The number of carbonyl (C=O) groups excluding carboxylic acids is 1. The van der Waals surface area contributed by atoms with E-state index in [9.17, 15) is 4.79 Å². The van der Waals surface area contributed by atoms with Crippen molar-refractivity contribution in [3.05, 3.63) is 41.0 Å². The molecule has 2 aliphatic rings. The Morgan fingerprint density at radius 3 is 2.15 bits per heavy atom. The second kappa shape index (κ2) is 9.61. The molecule has 1 N–H and O–H groups in total. The summed E-state index contributed by atoms with van der Waals surface area (Å²) in [6.07, 6.45) is 1.84. The fourth-order valence-electron chi connectivity index (χ4n) is 4.19. The zero-order valence-corrected chi connectivity index (χ0v) is 19.4. The average molecular weight is 448 g/mol. The molecule has 1 aliphatic heterocycles. The van der Waals surface area contributed by atoms with Crippen LogP contribution >= 0.6 is 0 Å². The molecule has 1 aliphatic carbocycles. The number of nitrogens with one attached hydrogen (secondary N) is 1. The Kier molecular flexibility index (Phi) is 6.63. The van der Waals surface area contributed by atoms with Crippen LogP contribution in [0.3, 0.4) is 0 Å². The Balaban J connectivity index is 1.89. The second-order valence-electron chi connectivity index (χ2n) is 7.90. The number of rotatable bonds is 6. The van der Waals surface area contributed by atoms with Crippen LogP contribution in [0.15, 0.2) is 29.8 Å². The first-order valence-electron chi connectivity index (χ1n) is 10.8. The Bertz CT molecular complexity index is 1100. The van der Waals surface area contributed by atoms with Gasteiger partial charge in [-0.25, -0.2) is 0 Å². The number of fused-ring (bicyclic) bond motifs is 1. The molecule has 1 fully saturated rings. The number of anilines is 1. The van der Waals surface area contributed by atoms with Gasteiger partial charge in [-0.1, -0.05) is 0 Å². The van der Waals surface area contributed by atoms with Crippen LogP contribution in [0.5, 0.6) is 28.7 Å². The molecule has 0 bridgehead atoms. The molecule has 33 heavy (non-hydrogen) atoms. The van der Waals surface area contributed by atoms with Crippen molar-refractivity contribution in [2.75, 3.05) is 39.9 Å². The quantitative estimate of drug-likeness (QED) is 0.534. The predicted molar refractivity (Wildman–Crippen MR) is 128 cm³/mol. The van der Waals surface area contributed by atoms with E-state index in [-0.39, 0.29) is 5.78 Å². The van der Waals surface area contributed by atoms with Gasteiger partial charge in [0.15, 0.2) is 0 Å². The van der Waals surface area contributed by atoms with E-state index in [4.69, 9.17) is 31.2 Å². The molecule has 0 atom stereocenters. The zero-order valence-electron chi connectivity index (χ0n) is 19.4. The number of Topliss-reactive ketones (excluding diaryl/α,β-unsaturated/α-hetero) is 1. The second-order valence-corrected chi connectivity index (χ2v) is 7.90. The molecule has 1 saturated carbocycles. The summed E-state index contributed by atoms with van der Waals surface area (Å²) in [7, 11) is 11.0. The summed E-state index contributed by atoms with van der Waals surface area (Å²) in [4.78, 5) is 13.0. The van der Waals surface area contributed by atoms with Crippen molar-refractivity contribution in [2.24, 2.45) is 0 Å². The van der Waals surface area contributed by atoms with Gasteiger partial charge < -0.3 is 0 Å². The van der Waals surface area contributed by atoms with Crippen LogP contribution in [0.1, 0.15) is 30.4 Å². The van der Waals surface area contributed by atoms with Gasteiger partial charge in [0.25, 0.3) is 0 Å². The third-order valence-electron chi connectivity index (χ3n) is 5.79. The van der Waals surface area contributed by atoms with Gasteiger partial charge in [-0.2, -0.15) is 0 Å². The van der Waals surface area contributed by atoms with Crippen LogP contribution in [-0.2, 0) is 4.79 Å². The molecule has 1 radical (unpaired) electrons. The van der Waals surface area contributed by atoms with Crippen LogP contribution < -0.4 is 29.0 Å². The first-order valence-corrected chi connectivity index (χ1v) is 10.8. The van der Waals surface area contributed by atoms with Gasteiger partial charge >= 0.3 is 194 Å². The molecule has 2 aromatic carbocycles. The molecule has 0 aromatic heterocycles. The van der Waals surface area contributed by atoms with Gasteiger partial charge in [0.05, 0.1) is 0 Å². The summed E-state index contributed by atoms with van der Waals surface area (Å²) < 4.78 is 28.0. The van der Waals surface area contributed by atoms with Crippen molar-refractivity contribution in [2.45, 2.75) is 26.2 Å². The Morgan fingerprint density at radius 2 is 1.58 bits per heavy atom. The number of hydrogen-bond acceptors (Lipinski definition) is 7. The molecule has 0 unspecified atom stereocenters. The summed E-state index contributed by atoms with van der Waals surface area (Å²) in [5.41, 5.74) is 4.06. The summed E-state index contributed by atoms with van der Waals surface area (Å²) in [6, 6.07) is 7.40. The maximum atomic E-state index is 13.0. The summed E-state index contributed by atoms with van der Waals surface area (Å²) in [5, 5.41) is 3.42. The number of ketones is 1. The first kappa shape index (κ1) is 22.8. The van der Waals surface area contributed by atoms with Gasteiger partial charge in [-0.3, -0.25) is 0 Å². The Morgan fingerprint density at radius 1 is 0.939 bits per heavy atom. The van der Waals surface area contributed by atoms with Crippen molar-refractivity contribution in [3.63, 3.8) is 0 Å². The van der Waals surface area contributed by atoms with E-state index in [0.29, 0.717) is 77.2 Å². The molecule has 7 nitrogen and oxygen atoms in total. The van der Waals surface area contributed by atoms with Gasteiger partial charge in [0, 0.05) is 0 Å². The molecule has 4 rings (SSSR count). The van der Waals surface area contributed by atoms with E-state index in [1.807, 2.05) is 19.1 Å².